The van der Waals surface area contributed by atoms with Crippen LogP contribution in [0.2, 0.25) is 0 Å². The second-order valence-corrected chi connectivity index (χ2v) is 10.7. The highest BCUT2D eigenvalue weighted by atomic mass is 32.3. The Kier molecular flexibility index (Phi) is 10.2. The summed E-state index contributed by atoms with van der Waals surface area (Å²) >= 11 is 0. The predicted molar refractivity (Wildman–Crippen MR) is 59.0 cm³/mol. The van der Waals surface area contributed by atoms with Crippen molar-refractivity contribution < 1.29 is 35.0 Å². The lowest BCUT2D eigenvalue weighted by molar-refractivity contribution is 0.378. The summed E-state index contributed by atoms with van der Waals surface area (Å²) in [7, 11) is -9.72. The molecule has 11 heteroatoms. The third-order valence-corrected chi connectivity index (χ3v) is 0. The topological polar surface area (TPSA) is 149 Å². The molecule has 0 bridgehead atoms. The lowest BCUT2D eigenvalue weighted by Crippen LogP contribution is -1.89. The van der Waals surface area contributed by atoms with Crippen molar-refractivity contribution in [1.29, 1.82) is 0 Å². The van der Waals surface area contributed by atoms with Crippen LogP contribution in [0.3, 0.4) is 0 Å². The first-order valence-corrected chi connectivity index (χ1v) is 9.56. The molecule has 0 saturated heterocycles. The minimum absolute atomic E-state index is 0.389. The minimum atomic E-state index is -4.67. The fourth-order valence-corrected chi connectivity index (χ4v) is 0. The zero-order chi connectivity index (χ0) is 13.5. The van der Waals surface area contributed by atoms with Gasteiger partial charge in [-0.1, -0.05) is 0 Å². The van der Waals surface area contributed by atoms with Gasteiger partial charge in [-0.25, -0.2) is 0 Å². The molecular formula is C4H16O8PS2. The average molecular weight is 287 g/mol. The van der Waals surface area contributed by atoms with Crippen molar-refractivity contribution >= 4 is 28.1 Å². The normalized spacial score (nSPS) is 11.7. The molecule has 0 amide bonds. The van der Waals surface area contributed by atoms with E-state index in [1.54, 1.807) is 0 Å². The first-order chi connectivity index (χ1) is 6.00. The zero-order valence-corrected chi connectivity index (χ0v) is 11.2. The predicted octanol–water partition coefficient (Wildman–Crippen LogP) is 0.218. The first kappa shape index (κ1) is 20.6. The van der Waals surface area contributed by atoms with E-state index in [0.717, 1.165) is 0 Å². The summed E-state index contributed by atoms with van der Waals surface area (Å²) < 4.78 is 63.2. The number of rotatable bonds is 0. The second kappa shape index (κ2) is 7.44. The van der Waals surface area contributed by atoms with Crippen LogP contribution >= 0.6 is 7.26 Å². The van der Waals surface area contributed by atoms with Crippen molar-refractivity contribution in [2.24, 2.45) is 0 Å². The Morgan fingerprint density at radius 2 is 0.667 bits per heavy atom. The van der Waals surface area contributed by atoms with Crippen LogP contribution in [0.25, 0.3) is 0 Å². The summed E-state index contributed by atoms with van der Waals surface area (Å²) in [5.41, 5.74) is 0. The first-order valence-electron chi connectivity index (χ1n) is 3.19. The molecule has 0 unspecified atom stereocenters. The van der Waals surface area contributed by atoms with Crippen molar-refractivity contribution in [3.63, 3.8) is 0 Å². The van der Waals surface area contributed by atoms with Gasteiger partial charge in [-0.15, -0.1) is 7.26 Å². The van der Waals surface area contributed by atoms with Crippen LogP contribution in [0.5, 0.6) is 0 Å². The smallest absolute Gasteiger partial charge is 0.264 e. The van der Waals surface area contributed by atoms with E-state index in [9.17, 15) is 0 Å². The molecule has 4 N–H and O–H groups in total. The van der Waals surface area contributed by atoms with E-state index in [-0.39, 0.29) is 7.26 Å². The van der Waals surface area contributed by atoms with E-state index in [1.807, 2.05) is 0 Å². The molecule has 97 valence electrons. The molecule has 0 spiro atoms. The Morgan fingerprint density at radius 1 is 0.667 bits per heavy atom. The van der Waals surface area contributed by atoms with Crippen molar-refractivity contribution in [3.05, 3.63) is 0 Å². The minimum Gasteiger partial charge on any atom is -0.264 e. The quantitative estimate of drug-likeness (QED) is 0.365. The Hall–Kier alpha value is 0.170. The molecule has 15 heavy (non-hydrogen) atoms. The molecule has 0 rings (SSSR count). The van der Waals surface area contributed by atoms with Crippen LogP contribution in [0.1, 0.15) is 0 Å². The molecule has 8 nitrogen and oxygen atoms in total. The van der Waals surface area contributed by atoms with E-state index in [0.29, 0.717) is 0 Å². The van der Waals surface area contributed by atoms with Gasteiger partial charge in [-0.3, -0.25) is 18.2 Å². The molecule has 0 fully saturated rings. The van der Waals surface area contributed by atoms with E-state index in [1.165, 1.54) is 0 Å². The Balaban J connectivity index is -0.000000144. The van der Waals surface area contributed by atoms with Gasteiger partial charge >= 0.3 is 20.8 Å². The van der Waals surface area contributed by atoms with Gasteiger partial charge in [0.25, 0.3) is 0 Å². The van der Waals surface area contributed by atoms with Gasteiger partial charge in [-0.05, 0) is 26.7 Å². The summed E-state index contributed by atoms with van der Waals surface area (Å²) in [6.07, 6.45) is 0. The fraction of sp³-hybridized carbons (Fsp3) is 1.00. The monoisotopic (exact) mass is 287 g/mol. The summed E-state index contributed by atoms with van der Waals surface area (Å²) in [5.74, 6) is 0. The standard InChI is InChI=1S/C4H12P.2H2O4S/c3*1-5(2,3)4/h1-4H3;2*(H2,1,2,3,4). The largest absolute Gasteiger partial charge is 0.394 e. The van der Waals surface area contributed by atoms with Crippen LogP contribution < -0.4 is 0 Å². The van der Waals surface area contributed by atoms with Gasteiger partial charge in [0.15, 0.2) is 0 Å². The summed E-state index contributed by atoms with van der Waals surface area (Å²) in [6, 6.07) is 0. The molecule has 0 aromatic carbocycles. The molecule has 0 heterocycles. The second-order valence-electron chi connectivity index (χ2n) is 3.58. The van der Waals surface area contributed by atoms with E-state index >= 15 is 0 Å². The SMILES string of the molecule is C[P](C)(C)C.O=S(=O)(O)O.O=S(=O)(O)O. The highest BCUT2D eigenvalue weighted by molar-refractivity contribution is 7.80. The maximum atomic E-state index is 8.74. The van der Waals surface area contributed by atoms with Crippen molar-refractivity contribution in [2.75, 3.05) is 26.7 Å². The lowest BCUT2D eigenvalue weighted by atomic mass is 11.8. The third-order valence-electron chi connectivity index (χ3n) is 0. The van der Waals surface area contributed by atoms with E-state index in [4.69, 9.17) is 35.0 Å². The Bertz CT molecular complexity index is 283. The molecule has 1 radical (unpaired) electrons. The van der Waals surface area contributed by atoms with Crippen LogP contribution in [0, 0.1) is 0 Å². The molecule has 0 aliphatic heterocycles. The van der Waals surface area contributed by atoms with Crippen molar-refractivity contribution in [2.45, 2.75) is 0 Å². The maximum Gasteiger partial charge on any atom is 0.394 e. The van der Waals surface area contributed by atoms with Gasteiger partial charge in [-0.2, -0.15) is 16.8 Å². The molecule has 0 aliphatic carbocycles. The molecule has 0 atom stereocenters. The zero-order valence-electron chi connectivity index (χ0n) is 8.69. The van der Waals surface area contributed by atoms with Crippen LogP contribution in [-0.4, -0.2) is 61.7 Å². The van der Waals surface area contributed by atoms with Gasteiger partial charge in [0, 0.05) is 0 Å². The van der Waals surface area contributed by atoms with Crippen LogP contribution in [0.4, 0.5) is 0 Å². The van der Waals surface area contributed by atoms with Crippen molar-refractivity contribution in [3.8, 4) is 0 Å². The maximum absolute atomic E-state index is 8.74. The molecule has 0 saturated carbocycles. The van der Waals surface area contributed by atoms with E-state index < -0.39 is 20.8 Å². The molecule has 0 aliphatic rings. The van der Waals surface area contributed by atoms with Gasteiger partial charge in [0.05, 0.1) is 0 Å². The van der Waals surface area contributed by atoms with E-state index in [2.05, 4.69) is 26.7 Å². The van der Waals surface area contributed by atoms with Crippen LogP contribution in [0.15, 0.2) is 0 Å². The molecule has 0 aromatic heterocycles. The molecule has 0 aromatic rings. The highest BCUT2D eigenvalue weighted by Crippen LogP contribution is 2.40. The van der Waals surface area contributed by atoms with Gasteiger partial charge in [0.2, 0.25) is 0 Å². The average Bonchev–Trinajstić information content (AvgIpc) is 1.41. The molecular weight excluding hydrogens is 271 g/mol. The summed E-state index contributed by atoms with van der Waals surface area (Å²) in [4.78, 5) is 0. The summed E-state index contributed by atoms with van der Waals surface area (Å²) in [6.45, 7) is 9.19. The van der Waals surface area contributed by atoms with Gasteiger partial charge in [0.1, 0.15) is 0 Å². The summed E-state index contributed by atoms with van der Waals surface area (Å²) in [5, 5.41) is 0. The number of hydrogen-bond acceptors (Lipinski definition) is 4. The van der Waals surface area contributed by atoms with Crippen molar-refractivity contribution in [1.82, 2.24) is 0 Å². The van der Waals surface area contributed by atoms with Crippen LogP contribution in [-0.2, 0) is 20.8 Å². The lowest BCUT2D eigenvalue weighted by Gasteiger charge is -2.09. The third kappa shape index (κ3) is 72600. The number of hydrogen-bond donors (Lipinski definition) is 4. The fourth-order valence-electron chi connectivity index (χ4n) is 0. The Morgan fingerprint density at radius 3 is 0.667 bits per heavy atom. The van der Waals surface area contributed by atoms with Gasteiger partial charge < -0.3 is 0 Å². The Labute approximate surface area is 90.2 Å². The highest BCUT2D eigenvalue weighted by Gasteiger charge is 1.91.